The van der Waals surface area contributed by atoms with Crippen molar-refractivity contribution < 1.29 is 14.3 Å². The number of halogens is 1. The molecule has 104 valence electrons. The molecule has 0 spiro atoms. The van der Waals surface area contributed by atoms with Gasteiger partial charge < -0.3 is 15.0 Å². The van der Waals surface area contributed by atoms with E-state index in [-0.39, 0.29) is 37.4 Å². The molecule has 0 atom stereocenters. The van der Waals surface area contributed by atoms with E-state index in [2.05, 4.69) is 5.32 Å². The predicted octanol–water partition coefficient (Wildman–Crippen LogP) is 0.583. The van der Waals surface area contributed by atoms with Crippen LogP contribution in [-0.2, 0) is 20.9 Å². The summed E-state index contributed by atoms with van der Waals surface area (Å²) in [5, 5.41) is 2.95. The average Bonchev–Trinajstić information content (AvgIpc) is 2.40. The molecule has 1 aromatic rings. The van der Waals surface area contributed by atoms with Crippen molar-refractivity contribution in [3.8, 4) is 0 Å². The van der Waals surface area contributed by atoms with Gasteiger partial charge in [-0.05, 0) is 5.56 Å². The van der Waals surface area contributed by atoms with E-state index in [1.165, 1.54) is 4.90 Å². The van der Waals surface area contributed by atoms with Crippen LogP contribution in [0.2, 0.25) is 0 Å². The second-order valence-corrected chi connectivity index (χ2v) is 4.14. The predicted molar refractivity (Wildman–Crippen MR) is 72.9 cm³/mol. The van der Waals surface area contributed by atoms with Crippen LogP contribution in [-0.4, -0.2) is 43.0 Å². The van der Waals surface area contributed by atoms with E-state index in [1.807, 2.05) is 30.3 Å². The van der Waals surface area contributed by atoms with Crippen LogP contribution in [0, 0.1) is 0 Å². The van der Waals surface area contributed by atoms with Crippen LogP contribution >= 0.6 is 12.4 Å². The maximum absolute atomic E-state index is 11.6. The molecule has 0 saturated carbocycles. The molecule has 1 aliphatic heterocycles. The van der Waals surface area contributed by atoms with Crippen LogP contribution in [0.3, 0.4) is 0 Å². The van der Waals surface area contributed by atoms with Crippen LogP contribution < -0.4 is 5.32 Å². The molecular formula is C13H17ClN2O3. The largest absolute Gasteiger partial charge is 0.459 e. The smallest absolute Gasteiger partial charge is 0.325 e. The lowest BCUT2D eigenvalue weighted by Crippen LogP contribution is -2.49. The van der Waals surface area contributed by atoms with Gasteiger partial charge in [0.25, 0.3) is 0 Å². The number of hydrogen-bond acceptors (Lipinski definition) is 4. The van der Waals surface area contributed by atoms with E-state index < -0.39 is 0 Å². The van der Waals surface area contributed by atoms with Gasteiger partial charge in [-0.1, -0.05) is 30.3 Å². The molecule has 0 aromatic heterocycles. The van der Waals surface area contributed by atoms with Crippen molar-refractivity contribution in [2.24, 2.45) is 0 Å². The van der Waals surface area contributed by atoms with E-state index in [0.717, 1.165) is 12.1 Å². The molecule has 0 unspecified atom stereocenters. The average molecular weight is 285 g/mol. The van der Waals surface area contributed by atoms with E-state index in [0.29, 0.717) is 13.1 Å². The summed E-state index contributed by atoms with van der Waals surface area (Å²) in [6, 6.07) is 9.48. The molecule has 5 nitrogen and oxygen atoms in total. The number of nitrogens with zero attached hydrogens (tertiary/aromatic N) is 1. The number of piperazine rings is 1. The summed E-state index contributed by atoms with van der Waals surface area (Å²) in [5.74, 6) is -0.424. The number of hydrogen-bond donors (Lipinski definition) is 1. The van der Waals surface area contributed by atoms with Gasteiger partial charge >= 0.3 is 5.97 Å². The van der Waals surface area contributed by atoms with Crippen molar-refractivity contribution in [2.75, 3.05) is 26.2 Å². The Balaban J connectivity index is 0.00000180. The normalized spacial score (nSPS) is 14.7. The van der Waals surface area contributed by atoms with Gasteiger partial charge in [-0.25, -0.2) is 0 Å². The van der Waals surface area contributed by atoms with Crippen molar-refractivity contribution >= 4 is 24.3 Å². The molecule has 1 heterocycles. The lowest BCUT2D eigenvalue weighted by molar-refractivity contribution is -0.150. The Morgan fingerprint density at radius 3 is 2.74 bits per heavy atom. The highest BCUT2D eigenvalue weighted by molar-refractivity contribution is 5.85. The Bertz CT molecular complexity index is 425. The molecule has 1 saturated heterocycles. The first-order chi connectivity index (χ1) is 8.75. The Kier molecular flexibility index (Phi) is 6.32. The lowest BCUT2D eigenvalue weighted by atomic mass is 10.2. The molecule has 1 aliphatic rings. The summed E-state index contributed by atoms with van der Waals surface area (Å²) in [7, 11) is 0. The third-order valence-electron chi connectivity index (χ3n) is 2.75. The molecule has 1 N–H and O–H groups in total. The highest BCUT2D eigenvalue weighted by Crippen LogP contribution is 2.02. The van der Waals surface area contributed by atoms with Crippen molar-refractivity contribution in [2.45, 2.75) is 6.61 Å². The van der Waals surface area contributed by atoms with E-state index in [4.69, 9.17) is 4.74 Å². The second kappa shape index (κ2) is 7.76. The Hall–Kier alpha value is -1.59. The fourth-order valence-corrected chi connectivity index (χ4v) is 1.75. The SMILES string of the molecule is Cl.O=C(CN1CCNCC1=O)OCc1ccccc1. The topological polar surface area (TPSA) is 58.6 Å². The van der Waals surface area contributed by atoms with Gasteiger partial charge in [0.05, 0.1) is 6.54 Å². The van der Waals surface area contributed by atoms with Crippen molar-refractivity contribution in [3.63, 3.8) is 0 Å². The van der Waals surface area contributed by atoms with Crippen LogP contribution in [0.25, 0.3) is 0 Å². The number of amides is 1. The molecule has 1 aromatic carbocycles. The number of carbonyl (C=O) groups excluding carboxylic acids is 2. The molecule has 0 bridgehead atoms. The number of rotatable bonds is 4. The van der Waals surface area contributed by atoms with Crippen molar-refractivity contribution in [3.05, 3.63) is 35.9 Å². The lowest BCUT2D eigenvalue weighted by Gasteiger charge is -2.26. The van der Waals surface area contributed by atoms with Gasteiger partial charge in [-0.2, -0.15) is 0 Å². The zero-order valence-corrected chi connectivity index (χ0v) is 11.3. The molecule has 0 aliphatic carbocycles. The van der Waals surface area contributed by atoms with Gasteiger partial charge in [-0.15, -0.1) is 12.4 Å². The summed E-state index contributed by atoms with van der Waals surface area (Å²) in [6.07, 6.45) is 0. The fraction of sp³-hybridized carbons (Fsp3) is 0.385. The molecule has 2 rings (SSSR count). The Labute approximate surface area is 118 Å². The number of nitrogens with one attached hydrogen (secondary N) is 1. The van der Waals surface area contributed by atoms with Crippen LogP contribution in [0.1, 0.15) is 5.56 Å². The van der Waals surface area contributed by atoms with E-state index in [1.54, 1.807) is 0 Å². The fourth-order valence-electron chi connectivity index (χ4n) is 1.75. The van der Waals surface area contributed by atoms with E-state index >= 15 is 0 Å². The molecular weight excluding hydrogens is 268 g/mol. The molecule has 0 radical (unpaired) electrons. The number of carbonyl (C=O) groups is 2. The minimum absolute atomic E-state index is 0. The summed E-state index contributed by atoms with van der Waals surface area (Å²) < 4.78 is 5.13. The van der Waals surface area contributed by atoms with Crippen molar-refractivity contribution in [1.29, 1.82) is 0 Å². The Morgan fingerprint density at radius 2 is 2.05 bits per heavy atom. The minimum atomic E-state index is -0.367. The first-order valence-electron chi connectivity index (χ1n) is 5.94. The molecule has 1 amide bonds. The van der Waals surface area contributed by atoms with Gasteiger partial charge in [0.15, 0.2) is 0 Å². The number of ether oxygens (including phenoxy) is 1. The van der Waals surface area contributed by atoms with Gasteiger partial charge in [0.2, 0.25) is 5.91 Å². The second-order valence-electron chi connectivity index (χ2n) is 4.14. The summed E-state index contributed by atoms with van der Waals surface area (Å²) in [6.45, 7) is 1.86. The summed E-state index contributed by atoms with van der Waals surface area (Å²) in [5.41, 5.74) is 0.942. The van der Waals surface area contributed by atoms with Gasteiger partial charge in [0, 0.05) is 13.1 Å². The van der Waals surface area contributed by atoms with Crippen LogP contribution in [0.5, 0.6) is 0 Å². The zero-order chi connectivity index (χ0) is 12.8. The third kappa shape index (κ3) is 4.89. The van der Waals surface area contributed by atoms with Gasteiger partial charge in [-0.3, -0.25) is 9.59 Å². The standard InChI is InChI=1S/C13H16N2O3.ClH/c16-12-8-14-6-7-15(12)9-13(17)18-10-11-4-2-1-3-5-11;/h1-5,14H,6-10H2;1H. The summed E-state index contributed by atoms with van der Waals surface area (Å²) in [4.78, 5) is 24.6. The monoisotopic (exact) mass is 284 g/mol. The minimum Gasteiger partial charge on any atom is -0.459 e. The van der Waals surface area contributed by atoms with Crippen LogP contribution in [0.15, 0.2) is 30.3 Å². The number of benzene rings is 1. The maximum atomic E-state index is 11.6. The third-order valence-corrected chi connectivity index (χ3v) is 2.75. The number of esters is 1. The maximum Gasteiger partial charge on any atom is 0.325 e. The highest BCUT2D eigenvalue weighted by Gasteiger charge is 2.20. The van der Waals surface area contributed by atoms with Crippen LogP contribution in [0.4, 0.5) is 0 Å². The Morgan fingerprint density at radius 1 is 1.32 bits per heavy atom. The summed E-state index contributed by atoms with van der Waals surface area (Å²) >= 11 is 0. The highest BCUT2D eigenvalue weighted by atomic mass is 35.5. The van der Waals surface area contributed by atoms with E-state index in [9.17, 15) is 9.59 Å². The quantitative estimate of drug-likeness (QED) is 0.822. The van der Waals surface area contributed by atoms with Gasteiger partial charge in [0.1, 0.15) is 13.2 Å². The first kappa shape index (κ1) is 15.5. The molecule has 6 heteroatoms. The molecule has 1 fully saturated rings. The zero-order valence-electron chi connectivity index (χ0n) is 10.5. The van der Waals surface area contributed by atoms with Crippen molar-refractivity contribution in [1.82, 2.24) is 10.2 Å². The molecule has 19 heavy (non-hydrogen) atoms. The first-order valence-corrected chi connectivity index (χ1v) is 5.94.